The van der Waals surface area contributed by atoms with E-state index in [0.29, 0.717) is 6.54 Å². The molecular weight excluding hydrogens is 252 g/mol. The van der Waals surface area contributed by atoms with Crippen molar-refractivity contribution in [3.63, 3.8) is 0 Å². The zero-order chi connectivity index (χ0) is 14.4. The molecule has 19 heavy (non-hydrogen) atoms. The predicted octanol–water partition coefficient (Wildman–Crippen LogP) is 0.888. The molecule has 0 aliphatic carbocycles. The van der Waals surface area contributed by atoms with Gasteiger partial charge in [0.1, 0.15) is 6.04 Å². The minimum atomic E-state index is -1.38. The van der Waals surface area contributed by atoms with Gasteiger partial charge in [-0.05, 0) is 25.7 Å². The molecule has 1 aliphatic heterocycles. The molecule has 3 N–H and O–H groups in total. The number of hydrogen-bond donors (Lipinski definition) is 3. The van der Waals surface area contributed by atoms with Crippen LogP contribution in [0.4, 0.5) is 4.79 Å². The number of aliphatic carboxylic acids is 2. The number of piperidine rings is 1. The van der Waals surface area contributed by atoms with Crippen molar-refractivity contribution in [2.24, 2.45) is 0 Å². The average Bonchev–Trinajstić information content (AvgIpc) is 2.37. The molecule has 0 spiro atoms. The van der Waals surface area contributed by atoms with Crippen molar-refractivity contribution < 1.29 is 24.6 Å². The summed E-state index contributed by atoms with van der Waals surface area (Å²) in [5.41, 5.74) is 0. The molecule has 2 unspecified atom stereocenters. The van der Waals surface area contributed by atoms with Gasteiger partial charge in [0, 0.05) is 12.6 Å². The monoisotopic (exact) mass is 272 g/mol. The van der Waals surface area contributed by atoms with Crippen LogP contribution in [0, 0.1) is 0 Å². The van der Waals surface area contributed by atoms with Crippen molar-refractivity contribution in [2.45, 2.75) is 51.1 Å². The summed E-state index contributed by atoms with van der Waals surface area (Å²) in [6.07, 6.45) is 3.04. The maximum atomic E-state index is 12.0. The lowest BCUT2D eigenvalue weighted by Crippen LogP contribution is -2.53. The molecule has 0 aromatic heterocycles. The second-order valence-corrected chi connectivity index (χ2v) is 4.69. The number of hydrogen-bond acceptors (Lipinski definition) is 3. The van der Waals surface area contributed by atoms with Crippen molar-refractivity contribution in [2.75, 3.05) is 6.54 Å². The Morgan fingerprint density at radius 2 is 2.00 bits per heavy atom. The maximum Gasteiger partial charge on any atom is 0.326 e. The van der Waals surface area contributed by atoms with E-state index in [-0.39, 0.29) is 6.04 Å². The summed E-state index contributed by atoms with van der Waals surface area (Å²) in [6, 6.07) is -1.77. The second kappa shape index (κ2) is 6.96. The standard InChI is InChI=1S/C12H20N2O5/c1-2-8-5-3-4-6-14(8)12(19)13-9(11(17)18)7-10(15)16/h8-9H,2-7H2,1H3,(H,13,19)(H,15,16)(H,17,18). The number of amides is 2. The molecule has 0 aromatic carbocycles. The highest BCUT2D eigenvalue weighted by Gasteiger charge is 2.29. The molecule has 2 amide bonds. The highest BCUT2D eigenvalue weighted by atomic mass is 16.4. The zero-order valence-electron chi connectivity index (χ0n) is 11.0. The molecule has 1 fully saturated rings. The SMILES string of the molecule is CCC1CCCCN1C(=O)NC(CC(=O)O)C(=O)O. The minimum Gasteiger partial charge on any atom is -0.481 e. The molecule has 7 heteroatoms. The molecule has 2 atom stereocenters. The summed E-state index contributed by atoms with van der Waals surface area (Å²) in [7, 11) is 0. The summed E-state index contributed by atoms with van der Waals surface area (Å²) in [6.45, 7) is 2.56. The predicted molar refractivity (Wildman–Crippen MR) is 66.8 cm³/mol. The molecule has 0 bridgehead atoms. The molecule has 1 heterocycles. The van der Waals surface area contributed by atoms with Gasteiger partial charge in [-0.25, -0.2) is 9.59 Å². The van der Waals surface area contributed by atoms with Crippen LogP contribution in [0.15, 0.2) is 0 Å². The first-order valence-electron chi connectivity index (χ1n) is 6.47. The van der Waals surface area contributed by atoms with Crippen LogP contribution < -0.4 is 5.32 Å². The minimum absolute atomic E-state index is 0.105. The van der Waals surface area contributed by atoms with Crippen molar-refractivity contribution in [3.8, 4) is 0 Å². The zero-order valence-corrected chi connectivity index (χ0v) is 11.0. The first kappa shape index (κ1) is 15.3. The Bertz CT molecular complexity index is 358. The quantitative estimate of drug-likeness (QED) is 0.689. The van der Waals surface area contributed by atoms with Crippen LogP contribution >= 0.6 is 0 Å². The smallest absolute Gasteiger partial charge is 0.326 e. The number of carboxylic acid groups (broad SMARTS) is 2. The van der Waals surface area contributed by atoms with E-state index < -0.39 is 30.4 Å². The van der Waals surface area contributed by atoms with Crippen molar-refractivity contribution >= 4 is 18.0 Å². The summed E-state index contributed by atoms with van der Waals surface area (Å²) in [5, 5.41) is 19.8. The van der Waals surface area contributed by atoms with Crippen LogP contribution in [-0.2, 0) is 9.59 Å². The molecule has 0 aromatic rings. The lowest BCUT2D eigenvalue weighted by atomic mass is 10.0. The summed E-state index contributed by atoms with van der Waals surface area (Å²) < 4.78 is 0. The lowest BCUT2D eigenvalue weighted by molar-refractivity contribution is -0.145. The Hall–Kier alpha value is -1.79. The first-order valence-corrected chi connectivity index (χ1v) is 6.47. The molecular formula is C12H20N2O5. The van der Waals surface area contributed by atoms with E-state index >= 15 is 0 Å². The summed E-state index contributed by atoms with van der Waals surface area (Å²) in [5.74, 6) is -2.58. The summed E-state index contributed by atoms with van der Waals surface area (Å²) >= 11 is 0. The van der Waals surface area contributed by atoms with Gasteiger partial charge in [-0.15, -0.1) is 0 Å². The normalized spacial score (nSPS) is 20.7. The van der Waals surface area contributed by atoms with Gasteiger partial charge in [0.15, 0.2) is 0 Å². The van der Waals surface area contributed by atoms with E-state index in [0.717, 1.165) is 25.7 Å². The number of carbonyl (C=O) groups is 3. The third kappa shape index (κ3) is 4.42. The van der Waals surface area contributed by atoms with Crippen LogP contribution in [0.5, 0.6) is 0 Å². The molecule has 0 radical (unpaired) electrons. The highest BCUT2D eigenvalue weighted by Crippen LogP contribution is 2.19. The number of rotatable bonds is 5. The number of carboxylic acids is 2. The number of nitrogens with one attached hydrogen (secondary N) is 1. The van der Waals surface area contributed by atoms with Gasteiger partial charge in [0.05, 0.1) is 6.42 Å². The van der Waals surface area contributed by atoms with E-state index in [1.54, 1.807) is 4.90 Å². The summed E-state index contributed by atoms with van der Waals surface area (Å²) in [4.78, 5) is 35.1. The maximum absolute atomic E-state index is 12.0. The molecule has 7 nitrogen and oxygen atoms in total. The number of urea groups is 1. The fraction of sp³-hybridized carbons (Fsp3) is 0.750. The third-order valence-corrected chi connectivity index (χ3v) is 3.33. The fourth-order valence-electron chi connectivity index (χ4n) is 2.30. The van der Waals surface area contributed by atoms with Gasteiger partial charge in [-0.2, -0.15) is 0 Å². The second-order valence-electron chi connectivity index (χ2n) is 4.69. The lowest BCUT2D eigenvalue weighted by Gasteiger charge is -2.35. The van der Waals surface area contributed by atoms with Crippen LogP contribution in [0.1, 0.15) is 39.0 Å². The van der Waals surface area contributed by atoms with Crippen LogP contribution in [0.25, 0.3) is 0 Å². The van der Waals surface area contributed by atoms with E-state index in [1.165, 1.54) is 0 Å². The van der Waals surface area contributed by atoms with Crippen LogP contribution in [-0.4, -0.2) is 51.7 Å². The first-order chi connectivity index (χ1) is 8.95. The van der Waals surface area contributed by atoms with Crippen LogP contribution in [0.3, 0.4) is 0 Å². The van der Waals surface area contributed by atoms with Crippen LogP contribution in [0.2, 0.25) is 0 Å². The van der Waals surface area contributed by atoms with Gasteiger partial charge < -0.3 is 20.4 Å². The van der Waals surface area contributed by atoms with Crippen molar-refractivity contribution in [1.82, 2.24) is 10.2 Å². The number of carbonyl (C=O) groups excluding carboxylic acids is 1. The Labute approximate surface area is 111 Å². The highest BCUT2D eigenvalue weighted by molar-refractivity contribution is 5.86. The van der Waals surface area contributed by atoms with Gasteiger partial charge in [0.2, 0.25) is 0 Å². The van der Waals surface area contributed by atoms with E-state index in [2.05, 4.69) is 5.32 Å². The van der Waals surface area contributed by atoms with E-state index in [1.807, 2.05) is 6.92 Å². The van der Waals surface area contributed by atoms with Gasteiger partial charge in [-0.3, -0.25) is 4.79 Å². The molecule has 1 rings (SSSR count). The van der Waals surface area contributed by atoms with Gasteiger partial charge in [0.25, 0.3) is 0 Å². The Morgan fingerprint density at radius 1 is 1.32 bits per heavy atom. The average molecular weight is 272 g/mol. The van der Waals surface area contributed by atoms with Gasteiger partial charge in [-0.1, -0.05) is 6.92 Å². The van der Waals surface area contributed by atoms with Crippen molar-refractivity contribution in [1.29, 1.82) is 0 Å². The molecule has 1 saturated heterocycles. The van der Waals surface area contributed by atoms with E-state index in [4.69, 9.17) is 10.2 Å². The number of likely N-dealkylation sites (tertiary alicyclic amines) is 1. The van der Waals surface area contributed by atoms with Gasteiger partial charge >= 0.3 is 18.0 Å². The third-order valence-electron chi connectivity index (χ3n) is 3.33. The Balaban J connectivity index is 2.64. The fourth-order valence-corrected chi connectivity index (χ4v) is 2.30. The Morgan fingerprint density at radius 3 is 2.53 bits per heavy atom. The topological polar surface area (TPSA) is 107 Å². The molecule has 0 saturated carbocycles. The largest absolute Gasteiger partial charge is 0.481 e. The number of nitrogens with zero attached hydrogens (tertiary/aromatic N) is 1. The van der Waals surface area contributed by atoms with E-state index in [9.17, 15) is 14.4 Å². The Kier molecular flexibility index (Phi) is 5.59. The molecule has 1 aliphatic rings. The van der Waals surface area contributed by atoms with Crippen molar-refractivity contribution in [3.05, 3.63) is 0 Å². The molecule has 108 valence electrons.